The van der Waals surface area contributed by atoms with Gasteiger partial charge in [0.15, 0.2) is 0 Å². The molecular weight excluding hydrogens is 254 g/mol. The molecule has 2 rings (SSSR count). The van der Waals surface area contributed by atoms with E-state index in [9.17, 15) is 10.1 Å². The van der Waals surface area contributed by atoms with Gasteiger partial charge in [-0.05, 0) is 50.4 Å². The van der Waals surface area contributed by atoms with Gasteiger partial charge in [0.05, 0.1) is 4.92 Å². The molecule has 20 heavy (non-hydrogen) atoms. The maximum absolute atomic E-state index is 10.8. The van der Waals surface area contributed by atoms with Crippen LogP contribution in [0.3, 0.4) is 0 Å². The number of anilines is 1. The van der Waals surface area contributed by atoms with Crippen molar-refractivity contribution in [2.24, 2.45) is 5.92 Å². The Labute approximate surface area is 120 Å². The van der Waals surface area contributed by atoms with Crippen LogP contribution in [0.2, 0.25) is 0 Å². The zero-order valence-electron chi connectivity index (χ0n) is 12.3. The number of aryl methyl sites for hydroxylation is 1. The van der Waals surface area contributed by atoms with E-state index in [4.69, 9.17) is 0 Å². The highest BCUT2D eigenvalue weighted by atomic mass is 16.6. The number of non-ortho nitro benzene ring substituents is 1. The van der Waals surface area contributed by atoms with Gasteiger partial charge in [-0.25, -0.2) is 0 Å². The van der Waals surface area contributed by atoms with Crippen LogP contribution in [0, 0.1) is 23.0 Å². The third-order valence-electron chi connectivity index (χ3n) is 4.03. The Hall–Kier alpha value is -1.62. The lowest BCUT2D eigenvalue weighted by atomic mass is 9.96. The summed E-state index contributed by atoms with van der Waals surface area (Å²) in [5.41, 5.74) is 2.30. The lowest BCUT2D eigenvalue weighted by Gasteiger charge is -2.34. The number of nitro benzene ring substituents is 1. The van der Waals surface area contributed by atoms with Gasteiger partial charge in [0.2, 0.25) is 0 Å². The summed E-state index contributed by atoms with van der Waals surface area (Å²) in [4.78, 5) is 12.8. The number of hydrogen-bond acceptors (Lipinski definition) is 4. The first-order valence-electron chi connectivity index (χ1n) is 7.32. The van der Waals surface area contributed by atoms with Crippen LogP contribution in [0.25, 0.3) is 0 Å². The monoisotopic (exact) mass is 277 g/mol. The Morgan fingerprint density at radius 1 is 1.40 bits per heavy atom. The second kappa shape index (κ2) is 6.70. The van der Waals surface area contributed by atoms with Crippen LogP contribution < -0.4 is 10.2 Å². The maximum Gasteiger partial charge on any atom is 0.269 e. The van der Waals surface area contributed by atoms with Gasteiger partial charge in [-0.2, -0.15) is 0 Å². The van der Waals surface area contributed by atoms with Crippen molar-refractivity contribution in [3.63, 3.8) is 0 Å². The zero-order valence-corrected chi connectivity index (χ0v) is 12.3. The molecule has 0 aromatic heterocycles. The largest absolute Gasteiger partial charge is 0.371 e. The minimum atomic E-state index is -0.334. The molecule has 5 heteroatoms. The Bertz CT molecular complexity index is 468. The molecule has 1 fully saturated rings. The van der Waals surface area contributed by atoms with E-state index in [1.807, 2.05) is 13.0 Å². The predicted molar refractivity (Wildman–Crippen MR) is 81.3 cm³/mol. The van der Waals surface area contributed by atoms with Crippen molar-refractivity contribution < 1.29 is 4.92 Å². The smallest absolute Gasteiger partial charge is 0.269 e. The van der Waals surface area contributed by atoms with Crippen molar-refractivity contribution in [3.05, 3.63) is 33.9 Å². The Morgan fingerprint density at radius 2 is 2.10 bits per heavy atom. The van der Waals surface area contributed by atoms with Gasteiger partial charge in [-0.3, -0.25) is 10.1 Å². The van der Waals surface area contributed by atoms with Crippen molar-refractivity contribution in [1.82, 2.24) is 5.32 Å². The molecule has 0 radical (unpaired) electrons. The van der Waals surface area contributed by atoms with Gasteiger partial charge < -0.3 is 10.2 Å². The molecule has 1 N–H and O–H groups in total. The van der Waals surface area contributed by atoms with Crippen LogP contribution in [0.1, 0.15) is 25.3 Å². The highest BCUT2D eigenvalue weighted by Crippen LogP contribution is 2.28. The Morgan fingerprint density at radius 3 is 2.65 bits per heavy atom. The summed E-state index contributed by atoms with van der Waals surface area (Å²) in [6.45, 7) is 8.29. The van der Waals surface area contributed by atoms with E-state index in [-0.39, 0.29) is 10.6 Å². The standard InChI is InChI=1S/C15H23N3O2/c1-3-16-11-13-6-8-17(9-7-13)15-5-4-14(18(19)20)10-12(15)2/h4-5,10,13,16H,3,6-9,11H2,1-2H3. The number of rotatable bonds is 5. The second-order valence-corrected chi connectivity index (χ2v) is 5.47. The fraction of sp³-hybridized carbons (Fsp3) is 0.600. The van der Waals surface area contributed by atoms with E-state index < -0.39 is 0 Å². The van der Waals surface area contributed by atoms with E-state index in [0.29, 0.717) is 0 Å². The van der Waals surface area contributed by atoms with Gasteiger partial charge in [-0.15, -0.1) is 0 Å². The number of benzene rings is 1. The first kappa shape index (κ1) is 14.8. The maximum atomic E-state index is 10.8. The van der Waals surface area contributed by atoms with Gasteiger partial charge in [0, 0.05) is 30.9 Å². The molecule has 5 nitrogen and oxygen atoms in total. The van der Waals surface area contributed by atoms with Crippen LogP contribution in [-0.2, 0) is 0 Å². The third-order valence-corrected chi connectivity index (χ3v) is 4.03. The SMILES string of the molecule is CCNCC1CCN(c2ccc([N+](=O)[O-])cc2C)CC1. The van der Waals surface area contributed by atoms with Crippen molar-refractivity contribution >= 4 is 11.4 Å². The number of nitrogens with one attached hydrogen (secondary N) is 1. The minimum absolute atomic E-state index is 0.174. The van der Waals surface area contributed by atoms with Crippen LogP contribution >= 0.6 is 0 Å². The van der Waals surface area contributed by atoms with Gasteiger partial charge in [0.1, 0.15) is 0 Å². The molecule has 1 aliphatic rings. The van der Waals surface area contributed by atoms with Crippen LogP contribution in [-0.4, -0.2) is 31.1 Å². The summed E-state index contributed by atoms with van der Waals surface area (Å²) < 4.78 is 0. The summed E-state index contributed by atoms with van der Waals surface area (Å²) >= 11 is 0. The fourth-order valence-electron chi connectivity index (χ4n) is 2.83. The third kappa shape index (κ3) is 3.48. The lowest BCUT2D eigenvalue weighted by Crippen LogP contribution is -2.37. The molecule has 1 saturated heterocycles. The van der Waals surface area contributed by atoms with E-state index in [1.54, 1.807) is 12.1 Å². The number of nitrogens with zero attached hydrogens (tertiary/aromatic N) is 2. The number of piperidine rings is 1. The lowest BCUT2D eigenvalue weighted by molar-refractivity contribution is -0.384. The average molecular weight is 277 g/mol. The highest BCUT2D eigenvalue weighted by Gasteiger charge is 2.20. The molecule has 0 bridgehead atoms. The molecule has 0 unspecified atom stereocenters. The topological polar surface area (TPSA) is 58.4 Å². The van der Waals surface area contributed by atoms with Crippen molar-refractivity contribution in [2.45, 2.75) is 26.7 Å². The fourth-order valence-corrected chi connectivity index (χ4v) is 2.83. The summed E-state index contributed by atoms with van der Waals surface area (Å²) in [6.07, 6.45) is 2.37. The van der Waals surface area contributed by atoms with Crippen molar-refractivity contribution in [2.75, 3.05) is 31.1 Å². The molecule has 0 amide bonds. The van der Waals surface area contributed by atoms with Gasteiger partial charge in [0.25, 0.3) is 5.69 Å². The van der Waals surface area contributed by atoms with Gasteiger partial charge >= 0.3 is 0 Å². The average Bonchev–Trinajstić information content (AvgIpc) is 2.45. The molecular formula is C15H23N3O2. The molecule has 0 aliphatic carbocycles. The summed E-state index contributed by atoms with van der Waals surface area (Å²) in [5, 5.41) is 14.2. The molecule has 1 heterocycles. The number of hydrogen-bond donors (Lipinski definition) is 1. The normalized spacial score (nSPS) is 16.4. The molecule has 1 aromatic carbocycles. The van der Waals surface area contributed by atoms with E-state index in [2.05, 4.69) is 17.1 Å². The van der Waals surface area contributed by atoms with Crippen LogP contribution in [0.15, 0.2) is 18.2 Å². The number of nitro groups is 1. The molecule has 1 aliphatic heterocycles. The van der Waals surface area contributed by atoms with Crippen molar-refractivity contribution in [3.8, 4) is 0 Å². The van der Waals surface area contributed by atoms with Crippen LogP contribution in [0.4, 0.5) is 11.4 Å². The predicted octanol–water partition coefficient (Wildman–Crippen LogP) is 2.73. The summed E-state index contributed by atoms with van der Waals surface area (Å²) in [5.74, 6) is 0.754. The highest BCUT2D eigenvalue weighted by molar-refractivity contribution is 5.57. The molecule has 110 valence electrons. The molecule has 0 spiro atoms. The van der Waals surface area contributed by atoms with Crippen molar-refractivity contribution in [1.29, 1.82) is 0 Å². The van der Waals surface area contributed by atoms with E-state index in [1.165, 1.54) is 12.8 Å². The zero-order chi connectivity index (χ0) is 14.5. The Balaban J connectivity index is 1.98. The Kier molecular flexibility index (Phi) is 4.95. The summed E-state index contributed by atoms with van der Waals surface area (Å²) in [6, 6.07) is 5.16. The minimum Gasteiger partial charge on any atom is -0.371 e. The quantitative estimate of drug-likeness (QED) is 0.664. The summed E-state index contributed by atoms with van der Waals surface area (Å²) in [7, 11) is 0. The van der Waals surface area contributed by atoms with Gasteiger partial charge in [-0.1, -0.05) is 6.92 Å². The van der Waals surface area contributed by atoms with E-state index in [0.717, 1.165) is 43.3 Å². The molecule has 1 aromatic rings. The van der Waals surface area contributed by atoms with Crippen LogP contribution in [0.5, 0.6) is 0 Å². The first-order chi connectivity index (χ1) is 9.61. The van der Waals surface area contributed by atoms with E-state index >= 15 is 0 Å². The molecule has 0 saturated carbocycles. The second-order valence-electron chi connectivity index (χ2n) is 5.47. The first-order valence-corrected chi connectivity index (χ1v) is 7.32. The molecule has 0 atom stereocenters.